The van der Waals surface area contributed by atoms with Crippen LogP contribution < -0.4 is 19.9 Å². The number of anilines is 1. The molecule has 3 heterocycles. The number of benzene rings is 2. The molecule has 0 saturated heterocycles. The van der Waals surface area contributed by atoms with Crippen molar-refractivity contribution in [3.8, 4) is 17.4 Å². The molecule has 1 aliphatic heterocycles. The van der Waals surface area contributed by atoms with Crippen molar-refractivity contribution in [1.29, 1.82) is 0 Å². The van der Waals surface area contributed by atoms with Gasteiger partial charge >= 0.3 is 0 Å². The van der Waals surface area contributed by atoms with E-state index >= 15 is 0 Å². The fraction of sp³-hybridized carbons (Fsp3) is 0.261. The van der Waals surface area contributed by atoms with Gasteiger partial charge in [0.2, 0.25) is 5.95 Å². The molecule has 0 N–H and O–H groups in total. The molecular formula is C23H22ClN5O3. The zero-order chi connectivity index (χ0) is 22.2. The summed E-state index contributed by atoms with van der Waals surface area (Å²) in [4.78, 5) is 19.6. The van der Waals surface area contributed by atoms with Crippen LogP contribution in [0.25, 0.3) is 17.0 Å². The zero-order valence-electron chi connectivity index (χ0n) is 17.7. The highest BCUT2D eigenvalue weighted by molar-refractivity contribution is 6.33. The Labute approximate surface area is 189 Å². The van der Waals surface area contributed by atoms with Gasteiger partial charge in [-0.05, 0) is 31.2 Å². The monoisotopic (exact) mass is 451 g/mol. The molecule has 164 valence electrons. The molecule has 4 aromatic rings. The Balaban J connectivity index is 1.44. The van der Waals surface area contributed by atoms with Gasteiger partial charge in [0.25, 0.3) is 5.56 Å². The van der Waals surface area contributed by atoms with Gasteiger partial charge in [0, 0.05) is 13.6 Å². The topological polar surface area (TPSA) is 74.4 Å². The molecular weight excluding hydrogens is 430 g/mol. The lowest BCUT2D eigenvalue weighted by molar-refractivity contribution is 0.0954. The molecule has 2 aromatic heterocycles. The number of ether oxygens (including phenoxy) is 2. The molecule has 0 fully saturated rings. The minimum atomic E-state index is -0.424. The maximum Gasteiger partial charge on any atom is 0.295 e. The number of aryl methyl sites for hydroxylation is 1. The van der Waals surface area contributed by atoms with Crippen LogP contribution >= 0.6 is 11.6 Å². The number of halogens is 1. The summed E-state index contributed by atoms with van der Waals surface area (Å²) in [5.41, 5.74) is 1.81. The second-order valence-corrected chi connectivity index (χ2v) is 7.93. The standard InChI is InChI=1S/C23H22ClN5O3/c1-3-28(13-15-14-31-19-10-6-7-11-20(19)32-15)18-12-25-29(22(30)21(18)24)23-26-16-8-4-5-9-17(16)27(23)2/h4-12,15H,3,13-14H2,1-2H3. The third kappa shape index (κ3) is 3.46. The fourth-order valence-electron chi connectivity index (χ4n) is 3.91. The molecule has 0 radical (unpaired) electrons. The van der Waals surface area contributed by atoms with Crippen molar-refractivity contribution in [3.05, 3.63) is 70.1 Å². The van der Waals surface area contributed by atoms with Gasteiger partial charge in [-0.2, -0.15) is 9.78 Å². The van der Waals surface area contributed by atoms with E-state index < -0.39 is 5.56 Å². The Morgan fingerprint density at radius 3 is 2.69 bits per heavy atom. The van der Waals surface area contributed by atoms with Crippen LogP contribution in [0.5, 0.6) is 11.5 Å². The van der Waals surface area contributed by atoms with Crippen LogP contribution in [-0.2, 0) is 7.05 Å². The summed E-state index contributed by atoms with van der Waals surface area (Å²) in [5.74, 6) is 1.85. The van der Waals surface area contributed by atoms with Crippen molar-refractivity contribution < 1.29 is 9.47 Å². The maximum absolute atomic E-state index is 13.1. The van der Waals surface area contributed by atoms with E-state index in [1.54, 1.807) is 6.20 Å². The Hall–Kier alpha value is -3.52. The van der Waals surface area contributed by atoms with Gasteiger partial charge in [-0.15, -0.1) is 0 Å². The van der Waals surface area contributed by atoms with Crippen LogP contribution in [0.3, 0.4) is 0 Å². The zero-order valence-corrected chi connectivity index (χ0v) is 18.5. The van der Waals surface area contributed by atoms with E-state index in [1.165, 1.54) is 4.68 Å². The highest BCUT2D eigenvalue weighted by Gasteiger charge is 2.25. The average Bonchev–Trinajstić information content (AvgIpc) is 3.16. The van der Waals surface area contributed by atoms with Crippen LogP contribution in [0.1, 0.15) is 6.92 Å². The number of hydrogen-bond acceptors (Lipinski definition) is 6. The van der Waals surface area contributed by atoms with Crippen molar-refractivity contribution in [2.45, 2.75) is 13.0 Å². The molecule has 2 aromatic carbocycles. The predicted octanol–water partition coefficient (Wildman–Crippen LogP) is 3.44. The smallest absolute Gasteiger partial charge is 0.295 e. The van der Waals surface area contributed by atoms with Gasteiger partial charge in [0.05, 0.1) is 29.5 Å². The van der Waals surface area contributed by atoms with Crippen LogP contribution in [0.2, 0.25) is 5.02 Å². The minimum absolute atomic E-state index is 0.0889. The first kappa shape index (κ1) is 20.4. The van der Waals surface area contributed by atoms with Crippen LogP contribution in [0, 0.1) is 0 Å². The second kappa shape index (κ2) is 8.20. The van der Waals surface area contributed by atoms with E-state index in [2.05, 4.69) is 10.1 Å². The molecule has 0 saturated carbocycles. The number of likely N-dealkylation sites (N-methyl/N-ethyl adjacent to an activating group) is 1. The first-order valence-electron chi connectivity index (χ1n) is 10.4. The molecule has 1 atom stereocenters. The Bertz CT molecular complexity index is 1350. The number of imidazole rings is 1. The largest absolute Gasteiger partial charge is 0.486 e. The Morgan fingerprint density at radius 1 is 1.16 bits per heavy atom. The van der Waals surface area contributed by atoms with E-state index in [-0.39, 0.29) is 11.1 Å². The molecule has 32 heavy (non-hydrogen) atoms. The number of rotatable bonds is 5. The summed E-state index contributed by atoms with van der Waals surface area (Å²) < 4.78 is 14.9. The summed E-state index contributed by atoms with van der Waals surface area (Å²) in [5, 5.41) is 4.47. The highest BCUT2D eigenvalue weighted by atomic mass is 35.5. The number of fused-ring (bicyclic) bond motifs is 2. The summed E-state index contributed by atoms with van der Waals surface area (Å²) >= 11 is 6.55. The molecule has 1 unspecified atom stereocenters. The summed E-state index contributed by atoms with van der Waals surface area (Å²) in [6.45, 7) is 3.53. The fourth-order valence-corrected chi connectivity index (χ4v) is 4.15. The molecule has 5 rings (SSSR count). The molecule has 0 amide bonds. The SMILES string of the molecule is CCN(CC1COc2ccccc2O1)c1cnn(-c2nc3ccccc3n2C)c(=O)c1Cl. The summed E-state index contributed by atoms with van der Waals surface area (Å²) in [6, 6.07) is 15.2. The third-order valence-electron chi connectivity index (χ3n) is 5.57. The number of aromatic nitrogens is 4. The summed E-state index contributed by atoms with van der Waals surface area (Å²) in [7, 11) is 1.84. The lowest BCUT2D eigenvalue weighted by Gasteiger charge is -2.32. The first-order valence-corrected chi connectivity index (χ1v) is 10.8. The first-order chi connectivity index (χ1) is 15.6. The van der Waals surface area contributed by atoms with Gasteiger partial charge in [-0.3, -0.25) is 4.79 Å². The lowest BCUT2D eigenvalue weighted by atomic mass is 10.2. The van der Waals surface area contributed by atoms with Crippen LogP contribution in [-0.4, -0.2) is 45.1 Å². The molecule has 9 heteroatoms. The molecule has 8 nitrogen and oxygen atoms in total. The molecule has 0 spiro atoms. The molecule has 0 aliphatic carbocycles. The third-order valence-corrected chi connectivity index (χ3v) is 5.92. The van der Waals surface area contributed by atoms with Gasteiger partial charge < -0.3 is 18.9 Å². The number of hydrogen-bond donors (Lipinski definition) is 0. The van der Waals surface area contributed by atoms with Gasteiger partial charge in [0.1, 0.15) is 11.6 Å². The van der Waals surface area contributed by atoms with Crippen molar-refractivity contribution >= 4 is 28.3 Å². The van der Waals surface area contributed by atoms with E-state index in [9.17, 15) is 4.79 Å². The maximum atomic E-state index is 13.1. The minimum Gasteiger partial charge on any atom is -0.486 e. The van der Waals surface area contributed by atoms with E-state index in [1.807, 2.05) is 72.0 Å². The second-order valence-electron chi connectivity index (χ2n) is 7.56. The van der Waals surface area contributed by atoms with Gasteiger partial charge in [0.15, 0.2) is 17.6 Å². The number of para-hydroxylation sites is 4. The van der Waals surface area contributed by atoms with Crippen LogP contribution in [0.4, 0.5) is 5.69 Å². The molecule has 1 aliphatic rings. The average molecular weight is 452 g/mol. The van der Waals surface area contributed by atoms with E-state index in [4.69, 9.17) is 21.1 Å². The van der Waals surface area contributed by atoms with Crippen molar-refractivity contribution in [2.75, 3.05) is 24.6 Å². The molecule has 0 bridgehead atoms. The van der Waals surface area contributed by atoms with Gasteiger partial charge in [-0.25, -0.2) is 4.98 Å². The lowest BCUT2D eigenvalue weighted by Crippen LogP contribution is -2.42. The quantitative estimate of drug-likeness (QED) is 0.462. The summed E-state index contributed by atoms with van der Waals surface area (Å²) in [6.07, 6.45) is 1.40. The highest BCUT2D eigenvalue weighted by Crippen LogP contribution is 2.32. The predicted molar refractivity (Wildman–Crippen MR) is 123 cm³/mol. The Morgan fingerprint density at radius 2 is 1.91 bits per heavy atom. The van der Waals surface area contributed by atoms with Crippen molar-refractivity contribution in [2.24, 2.45) is 7.05 Å². The van der Waals surface area contributed by atoms with Crippen LogP contribution in [0.15, 0.2) is 59.5 Å². The van der Waals surface area contributed by atoms with Crippen molar-refractivity contribution in [1.82, 2.24) is 19.3 Å². The number of nitrogens with zero attached hydrogens (tertiary/aromatic N) is 5. The normalized spacial score (nSPS) is 15.2. The Kier molecular flexibility index (Phi) is 5.22. The van der Waals surface area contributed by atoms with Gasteiger partial charge in [-0.1, -0.05) is 35.9 Å². The van der Waals surface area contributed by atoms with E-state index in [0.717, 1.165) is 16.8 Å². The van der Waals surface area contributed by atoms with E-state index in [0.29, 0.717) is 37.1 Å². The van der Waals surface area contributed by atoms with Crippen molar-refractivity contribution in [3.63, 3.8) is 0 Å².